The molecule has 3 aromatic rings. The average Bonchev–Trinajstić information content (AvgIpc) is 2.91. The Bertz CT molecular complexity index is 819. The van der Waals surface area contributed by atoms with E-state index in [1.54, 1.807) is 11.3 Å². The van der Waals surface area contributed by atoms with E-state index in [9.17, 15) is 0 Å². The maximum atomic E-state index is 4.74. The molecule has 0 aliphatic heterocycles. The van der Waals surface area contributed by atoms with Crippen molar-refractivity contribution in [3.8, 4) is 0 Å². The molecule has 4 heteroatoms. The summed E-state index contributed by atoms with van der Waals surface area (Å²) in [5.74, 6) is 2.63. The summed E-state index contributed by atoms with van der Waals surface area (Å²) in [6, 6.07) is 13.5. The van der Waals surface area contributed by atoms with E-state index < -0.39 is 0 Å². The van der Waals surface area contributed by atoms with Crippen LogP contribution in [0.4, 0.5) is 5.82 Å². The van der Waals surface area contributed by atoms with Crippen LogP contribution in [0.5, 0.6) is 0 Å². The summed E-state index contributed by atoms with van der Waals surface area (Å²) in [6.07, 6.45) is 3.24. The molecule has 0 saturated heterocycles. The van der Waals surface area contributed by atoms with Crippen molar-refractivity contribution in [1.82, 2.24) is 9.97 Å². The van der Waals surface area contributed by atoms with Gasteiger partial charge in [-0.25, -0.2) is 9.97 Å². The Balaban J connectivity index is 1.53. The van der Waals surface area contributed by atoms with Gasteiger partial charge in [-0.15, -0.1) is 11.3 Å². The summed E-state index contributed by atoms with van der Waals surface area (Å²) in [6.45, 7) is 4.25. The highest BCUT2D eigenvalue weighted by Gasteiger charge is 2.30. The number of thiophene rings is 1. The van der Waals surface area contributed by atoms with Gasteiger partial charge in [-0.05, 0) is 37.3 Å². The molecule has 1 aromatic carbocycles. The molecule has 23 heavy (non-hydrogen) atoms. The molecule has 3 nitrogen and oxygen atoms in total. The molecule has 0 atom stereocenters. The van der Waals surface area contributed by atoms with Gasteiger partial charge in [0.25, 0.3) is 0 Å². The number of aromatic nitrogens is 2. The van der Waals surface area contributed by atoms with E-state index in [2.05, 4.69) is 60.5 Å². The van der Waals surface area contributed by atoms with Crippen LogP contribution < -0.4 is 5.32 Å². The summed E-state index contributed by atoms with van der Waals surface area (Å²) in [5.41, 5.74) is 1.46. The molecule has 0 bridgehead atoms. The third-order valence-corrected chi connectivity index (χ3v) is 5.57. The summed E-state index contributed by atoms with van der Waals surface area (Å²) in [5, 5.41) is 4.84. The minimum absolute atomic E-state index is 0.517. The monoisotopic (exact) mass is 323 g/mol. The summed E-state index contributed by atoms with van der Waals surface area (Å²) in [4.78, 5) is 11.8. The van der Waals surface area contributed by atoms with Gasteiger partial charge in [-0.3, -0.25) is 0 Å². The number of anilines is 1. The summed E-state index contributed by atoms with van der Waals surface area (Å²) in [7, 11) is 0. The molecule has 1 aliphatic carbocycles. The predicted molar refractivity (Wildman–Crippen MR) is 97.4 cm³/mol. The molecule has 2 heterocycles. The van der Waals surface area contributed by atoms with Crippen molar-refractivity contribution in [3.05, 3.63) is 52.7 Å². The zero-order valence-electron chi connectivity index (χ0n) is 13.5. The van der Waals surface area contributed by atoms with Crippen LogP contribution in [0, 0.1) is 6.92 Å². The van der Waals surface area contributed by atoms with Gasteiger partial charge < -0.3 is 5.32 Å². The van der Waals surface area contributed by atoms with E-state index >= 15 is 0 Å². The van der Waals surface area contributed by atoms with Gasteiger partial charge in [0.1, 0.15) is 16.5 Å². The Morgan fingerprint density at radius 2 is 1.96 bits per heavy atom. The fourth-order valence-corrected chi connectivity index (χ4v) is 4.18. The Morgan fingerprint density at radius 1 is 1.17 bits per heavy atom. The lowest BCUT2D eigenvalue weighted by Crippen LogP contribution is -2.34. The van der Waals surface area contributed by atoms with Crippen molar-refractivity contribution in [2.24, 2.45) is 0 Å². The maximum Gasteiger partial charge on any atom is 0.138 e. The van der Waals surface area contributed by atoms with Gasteiger partial charge in [0.2, 0.25) is 0 Å². The highest BCUT2D eigenvalue weighted by Crippen LogP contribution is 2.39. The van der Waals surface area contributed by atoms with E-state index in [1.807, 2.05) is 0 Å². The number of nitrogens with one attached hydrogen (secondary N) is 1. The number of rotatable bonds is 4. The van der Waals surface area contributed by atoms with Gasteiger partial charge in [-0.2, -0.15) is 0 Å². The van der Waals surface area contributed by atoms with Crippen molar-refractivity contribution in [1.29, 1.82) is 0 Å². The zero-order chi connectivity index (χ0) is 15.8. The van der Waals surface area contributed by atoms with E-state index in [4.69, 9.17) is 4.98 Å². The Morgan fingerprint density at radius 3 is 2.70 bits per heavy atom. The highest BCUT2D eigenvalue weighted by molar-refractivity contribution is 7.18. The Hall–Kier alpha value is -1.94. The molecule has 1 N–H and O–H groups in total. The highest BCUT2D eigenvalue weighted by atomic mass is 32.1. The van der Waals surface area contributed by atoms with Crippen molar-refractivity contribution in [3.63, 3.8) is 0 Å². The molecular formula is C19H21N3S. The van der Waals surface area contributed by atoms with Gasteiger partial charge in [0.05, 0.1) is 5.39 Å². The van der Waals surface area contributed by atoms with Crippen molar-refractivity contribution >= 4 is 27.4 Å². The van der Waals surface area contributed by atoms with Crippen LogP contribution in [0.1, 0.15) is 41.9 Å². The number of benzene rings is 1. The minimum atomic E-state index is 0.517. The van der Waals surface area contributed by atoms with E-state index in [1.165, 1.54) is 28.7 Å². The fourth-order valence-electron chi connectivity index (χ4n) is 3.28. The molecule has 118 valence electrons. The lowest BCUT2D eigenvalue weighted by Gasteiger charge is -2.36. The molecule has 0 amide bonds. The second-order valence-electron chi connectivity index (χ2n) is 6.34. The molecule has 0 radical (unpaired) electrons. The van der Waals surface area contributed by atoms with Gasteiger partial charge in [-0.1, -0.05) is 37.3 Å². The van der Waals surface area contributed by atoms with E-state index in [-0.39, 0.29) is 0 Å². The normalized spacial score (nSPS) is 20.4. The zero-order valence-corrected chi connectivity index (χ0v) is 14.4. The topological polar surface area (TPSA) is 37.8 Å². The van der Waals surface area contributed by atoms with Gasteiger partial charge in [0.15, 0.2) is 0 Å². The molecule has 2 aromatic heterocycles. The first-order chi connectivity index (χ1) is 11.2. The first kappa shape index (κ1) is 14.6. The molecule has 1 saturated carbocycles. The van der Waals surface area contributed by atoms with Crippen molar-refractivity contribution in [2.45, 2.75) is 45.1 Å². The van der Waals surface area contributed by atoms with E-state index in [0.717, 1.165) is 22.9 Å². The van der Waals surface area contributed by atoms with Crippen LogP contribution in [0.3, 0.4) is 0 Å². The Labute approximate surface area is 140 Å². The summed E-state index contributed by atoms with van der Waals surface area (Å²) < 4.78 is 0. The smallest absolute Gasteiger partial charge is 0.138 e. The molecule has 0 spiro atoms. The SMILES string of the molecule is CCc1nc(NC2CC(c3ccccc3)C2)c2cc(C)sc2n1. The second-order valence-corrected chi connectivity index (χ2v) is 7.57. The van der Waals surface area contributed by atoms with Crippen molar-refractivity contribution in [2.75, 3.05) is 5.32 Å². The lowest BCUT2D eigenvalue weighted by atomic mass is 9.76. The van der Waals surface area contributed by atoms with Crippen molar-refractivity contribution < 1.29 is 0 Å². The number of hydrogen-bond acceptors (Lipinski definition) is 4. The van der Waals surface area contributed by atoms with Crippen LogP contribution >= 0.6 is 11.3 Å². The van der Waals surface area contributed by atoms with Crippen LogP contribution in [-0.4, -0.2) is 16.0 Å². The van der Waals surface area contributed by atoms with Gasteiger partial charge in [0, 0.05) is 17.3 Å². The average molecular weight is 323 g/mol. The van der Waals surface area contributed by atoms with Gasteiger partial charge >= 0.3 is 0 Å². The van der Waals surface area contributed by atoms with Crippen LogP contribution in [-0.2, 0) is 6.42 Å². The van der Waals surface area contributed by atoms with Crippen LogP contribution in [0.15, 0.2) is 36.4 Å². The first-order valence-electron chi connectivity index (χ1n) is 8.31. The first-order valence-corrected chi connectivity index (χ1v) is 9.13. The second kappa shape index (κ2) is 5.93. The molecule has 1 fully saturated rings. The third-order valence-electron chi connectivity index (χ3n) is 4.63. The summed E-state index contributed by atoms with van der Waals surface area (Å²) >= 11 is 1.75. The third kappa shape index (κ3) is 2.83. The Kier molecular flexibility index (Phi) is 3.77. The minimum Gasteiger partial charge on any atom is -0.367 e. The fraction of sp³-hybridized carbons (Fsp3) is 0.368. The molecule has 0 unspecified atom stereocenters. The largest absolute Gasteiger partial charge is 0.367 e. The molecule has 1 aliphatic rings. The number of fused-ring (bicyclic) bond motifs is 1. The number of nitrogens with zero attached hydrogens (tertiary/aromatic N) is 2. The predicted octanol–water partition coefficient (Wildman–Crippen LogP) is 4.92. The maximum absolute atomic E-state index is 4.74. The number of hydrogen-bond donors (Lipinski definition) is 1. The molecule has 4 rings (SSSR count). The van der Waals surface area contributed by atoms with E-state index in [0.29, 0.717) is 12.0 Å². The standard InChI is InChI=1S/C19H21N3S/c1-3-17-21-18(16-9-12(2)23-19(16)22-17)20-15-10-14(11-15)13-7-5-4-6-8-13/h4-9,14-15H,3,10-11H2,1-2H3,(H,20,21,22). The van der Waals surface area contributed by atoms with Crippen LogP contribution in [0.2, 0.25) is 0 Å². The quantitative estimate of drug-likeness (QED) is 0.740. The molecular weight excluding hydrogens is 302 g/mol. The number of aryl methyl sites for hydroxylation is 2. The lowest BCUT2D eigenvalue weighted by molar-refractivity contribution is 0.373. The van der Waals surface area contributed by atoms with Crippen LogP contribution in [0.25, 0.3) is 10.2 Å².